The summed E-state index contributed by atoms with van der Waals surface area (Å²) in [5.41, 5.74) is 0.796. The number of benzene rings is 1. The van der Waals surface area contributed by atoms with Gasteiger partial charge in [0.15, 0.2) is 11.5 Å². The fourth-order valence-corrected chi connectivity index (χ4v) is 1.09. The molecule has 0 spiro atoms. The maximum atomic E-state index is 5.15. The van der Waals surface area contributed by atoms with Crippen molar-refractivity contribution in [2.24, 2.45) is 10.9 Å². The lowest BCUT2D eigenvalue weighted by Crippen LogP contribution is -1.96. The second-order valence-corrected chi connectivity index (χ2v) is 2.36. The van der Waals surface area contributed by atoms with Crippen LogP contribution in [-0.4, -0.2) is 20.4 Å². The summed E-state index contributed by atoms with van der Waals surface area (Å²) < 4.78 is 10.2. The van der Waals surface area contributed by atoms with Crippen LogP contribution in [0.4, 0.5) is 0 Å². The number of nitrogens with zero attached hydrogens (tertiary/aromatic N) is 1. The molecular formula is C9H12N2O2. The molecule has 0 aromatic heterocycles. The first-order valence-electron chi connectivity index (χ1n) is 3.77. The number of hydrazone groups is 1. The van der Waals surface area contributed by atoms with E-state index in [4.69, 9.17) is 15.3 Å². The van der Waals surface area contributed by atoms with Gasteiger partial charge in [-0.25, -0.2) is 0 Å². The topological polar surface area (TPSA) is 56.8 Å². The van der Waals surface area contributed by atoms with E-state index < -0.39 is 0 Å². The van der Waals surface area contributed by atoms with Crippen molar-refractivity contribution in [2.75, 3.05) is 14.2 Å². The second kappa shape index (κ2) is 4.35. The summed E-state index contributed by atoms with van der Waals surface area (Å²) in [6.45, 7) is 0. The van der Waals surface area contributed by atoms with Crippen molar-refractivity contribution in [3.8, 4) is 11.5 Å². The quantitative estimate of drug-likeness (QED) is 0.429. The third kappa shape index (κ3) is 1.90. The molecule has 0 amide bonds. The second-order valence-electron chi connectivity index (χ2n) is 2.36. The van der Waals surface area contributed by atoms with Crippen molar-refractivity contribution in [2.45, 2.75) is 0 Å². The summed E-state index contributed by atoms with van der Waals surface area (Å²) in [7, 11) is 3.16. The van der Waals surface area contributed by atoms with Crippen LogP contribution in [0.25, 0.3) is 0 Å². The van der Waals surface area contributed by atoms with Gasteiger partial charge >= 0.3 is 0 Å². The van der Waals surface area contributed by atoms with Crippen molar-refractivity contribution in [3.05, 3.63) is 23.8 Å². The minimum absolute atomic E-state index is 0.638. The largest absolute Gasteiger partial charge is 0.493 e. The molecular weight excluding hydrogens is 168 g/mol. The van der Waals surface area contributed by atoms with Gasteiger partial charge in [-0.1, -0.05) is 6.07 Å². The normalized spacial score (nSPS) is 10.3. The van der Waals surface area contributed by atoms with E-state index in [1.165, 1.54) is 6.21 Å². The lowest BCUT2D eigenvalue weighted by atomic mass is 10.2. The molecule has 0 aliphatic rings. The molecule has 0 fully saturated rings. The predicted molar refractivity (Wildman–Crippen MR) is 51.3 cm³/mol. The highest BCUT2D eigenvalue weighted by atomic mass is 16.5. The summed E-state index contributed by atoms with van der Waals surface area (Å²) in [6, 6.07) is 5.50. The van der Waals surface area contributed by atoms with E-state index in [9.17, 15) is 0 Å². The van der Waals surface area contributed by atoms with Crippen LogP contribution in [0.3, 0.4) is 0 Å². The van der Waals surface area contributed by atoms with Crippen molar-refractivity contribution < 1.29 is 9.47 Å². The fraction of sp³-hybridized carbons (Fsp3) is 0.222. The van der Waals surface area contributed by atoms with E-state index in [0.717, 1.165) is 5.56 Å². The number of nitrogens with two attached hydrogens (primary N) is 1. The van der Waals surface area contributed by atoms with Gasteiger partial charge in [-0.15, -0.1) is 0 Å². The number of para-hydroxylation sites is 1. The molecule has 4 nitrogen and oxygen atoms in total. The third-order valence-corrected chi connectivity index (χ3v) is 1.65. The van der Waals surface area contributed by atoms with E-state index in [-0.39, 0.29) is 0 Å². The molecule has 1 aromatic carbocycles. The first-order valence-corrected chi connectivity index (χ1v) is 3.77. The van der Waals surface area contributed by atoms with E-state index in [2.05, 4.69) is 5.10 Å². The van der Waals surface area contributed by atoms with E-state index in [1.807, 2.05) is 18.2 Å². The molecule has 0 saturated heterocycles. The van der Waals surface area contributed by atoms with Gasteiger partial charge in [-0.2, -0.15) is 5.10 Å². The molecule has 0 saturated carbocycles. The van der Waals surface area contributed by atoms with E-state index in [1.54, 1.807) is 14.2 Å². The minimum atomic E-state index is 0.638. The van der Waals surface area contributed by atoms with Crippen LogP contribution in [0.1, 0.15) is 5.56 Å². The maximum Gasteiger partial charge on any atom is 0.169 e. The van der Waals surface area contributed by atoms with E-state index >= 15 is 0 Å². The molecule has 13 heavy (non-hydrogen) atoms. The minimum Gasteiger partial charge on any atom is -0.493 e. The Hall–Kier alpha value is -1.71. The molecule has 0 aliphatic carbocycles. The zero-order valence-electron chi connectivity index (χ0n) is 7.65. The van der Waals surface area contributed by atoms with Crippen LogP contribution in [-0.2, 0) is 0 Å². The van der Waals surface area contributed by atoms with Crippen molar-refractivity contribution in [1.29, 1.82) is 0 Å². The van der Waals surface area contributed by atoms with Gasteiger partial charge in [0.05, 0.1) is 20.4 Å². The van der Waals surface area contributed by atoms with Crippen LogP contribution in [0.5, 0.6) is 11.5 Å². The molecule has 70 valence electrons. The smallest absolute Gasteiger partial charge is 0.169 e. The highest BCUT2D eigenvalue weighted by molar-refractivity contribution is 5.84. The molecule has 0 bridgehead atoms. The van der Waals surface area contributed by atoms with Crippen LogP contribution in [0.2, 0.25) is 0 Å². The van der Waals surface area contributed by atoms with Crippen molar-refractivity contribution in [1.82, 2.24) is 0 Å². The molecule has 0 heterocycles. The Balaban J connectivity index is 3.18. The number of methoxy groups -OCH3 is 2. The third-order valence-electron chi connectivity index (χ3n) is 1.65. The average molecular weight is 180 g/mol. The molecule has 0 aliphatic heterocycles. The van der Waals surface area contributed by atoms with Gasteiger partial charge in [0.1, 0.15) is 0 Å². The first-order chi connectivity index (χ1) is 6.33. The highest BCUT2D eigenvalue weighted by Crippen LogP contribution is 2.29. The molecule has 1 aromatic rings. The molecule has 0 unspecified atom stereocenters. The zero-order chi connectivity index (χ0) is 9.68. The van der Waals surface area contributed by atoms with Gasteiger partial charge in [-0.3, -0.25) is 0 Å². The Morgan fingerprint density at radius 2 is 2.08 bits per heavy atom. The number of hydrogen-bond donors (Lipinski definition) is 1. The lowest BCUT2D eigenvalue weighted by molar-refractivity contribution is 0.354. The van der Waals surface area contributed by atoms with Crippen LogP contribution in [0, 0.1) is 0 Å². The summed E-state index contributed by atoms with van der Waals surface area (Å²) >= 11 is 0. The summed E-state index contributed by atoms with van der Waals surface area (Å²) in [5.74, 6) is 6.35. The standard InChI is InChI=1S/C9H12N2O2/c1-12-8-5-3-4-7(6-11-10)9(8)13-2/h3-6H,10H2,1-2H3. The molecule has 0 radical (unpaired) electrons. The Morgan fingerprint density at radius 3 is 2.62 bits per heavy atom. The zero-order valence-corrected chi connectivity index (χ0v) is 7.65. The highest BCUT2D eigenvalue weighted by Gasteiger charge is 2.06. The molecule has 2 N–H and O–H groups in total. The number of hydrogen-bond acceptors (Lipinski definition) is 4. The van der Waals surface area contributed by atoms with Crippen LogP contribution in [0.15, 0.2) is 23.3 Å². The Kier molecular flexibility index (Phi) is 3.14. The molecule has 1 rings (SSSR count). The summed E-state index contributed by atoms with van der Waals surface area (Å²) in [6.07, 6.45) is 1.52. The SMILES string of the molecule is COc1cccc(C=NN)c1OC. The summed E-state index contributed by atoms with van der Waals surface area (Å²) in [4.78, 5) is 0. The Bertz CT molecular complexity index is 310. The Labute approximate surface area is 77.0 Å². The Morgan fingerprint density at radius 1 is 1.31 bits per heavy atom. The van der Waals surface area contributed by atoms with Crippen molar-refractivity contribution >= 4 is 6.21 Å². The van der Waals surface area contributed by atoms with Crippen molar-refractivity contribution in [3.63, 3.8) is 0 Å². The first kappa shape index (κ1) is 9.38. The van der Waals surface area contributed by atoms with Gasteiger partial charge in [0, 0.05) is 5.56 Å². The van der Waals surface area contributed by atoms with Gasteiger partial charge in [-0.05, 0) is 12.1 Å². The monoisotopic (exact) mass is 180 g/mol. The van der Waals surface area contributed by atoms with Crippen LogP contribution >= 0.6 is 0 Å². The number of ether oxygens (including phenoxy) is 2. The molecule has 0 atom stereocenters. The van der Waals surface area contributed by atoms with Gasteiger partial charge in [0.2, 0.25) is 0 Å². The fourth-order valence-electron chi connectivity index (χ4n) is 1.09. The average Bonchev–Trinajstić information content (AvgIpc) is 2.18. The molecule has 4 heteroatoms. The summed E-state index contributed by atoms with van der Waals surface area (Å²) in [5, 5.41) is 3.43. The van der Waals surface area contributed by atoms with E-state index in [0.29, 0.717) is 11.5 Å². The predicted octanol–water partition coefficient (Wildman–Crippen LogP) is 0.996. The van der Waals surface area contributed by atoms with Crippen LogP contribution < -0.4 is 15.3 Å². The lowest BCUT2D eigenvalue weighted by Gasteiger charge is -2.08. The maximum absolute atomic E-state index is 5.15. The number of rotatable bonds is 3. The van der Waals surface area contributed by atoms with Gasteiger partial charge < -0.3 is 15.3 Å². The van der Waals surface area contributed by atoms with Gasteiger partial charge in [0.25, 0.3) is 0 Å².